The molecule has 5 heteroatoms. The third kappa shape index (κ3) is 7.81. The van der Waals surface area contributed by atoms with Crippen molar-refractivity contribution in [3.8, 4) is 0 Å². The molecule has 0 aromatic heterocycles. The molecule has 0 aliphatic heterocycles. The number of carboxylic acid groups (broad SMARTS) is 1. The van der Waals surface area contributed by atoms with Gasteiger partial charge in [-0.3, -0.25) is 9.59 Å². The van der Waals surface area contributed by atoms with E-state index in [4.69, 9.17) is 5.11 Å². The molecule has 2 N–H and O–H groups in total. The molecule has 0 aliphatic carbocycles. The van der Waals surface area contributed by atoms with Crippen LogP contribution in [0.2, 0.25) is 0 Å². The summed E-state index contributed by atoms with van der Waals surface area (Å²) in [5.74, 6) is -1.90. The van der Waals surface area contributed by atoms with E-state index in [0.717, 1.165) is 0 Å². The molecule has 0 radical (unpaired) electrons. The lowest BCUT2D eigenvalue weighted by Gasteiger charge is -2.15. The van der Waals surface area contributed by atoms with Gasteiger partial charge in [0.05, 0.1) is 0 Å². The average Bonchev–Trinajstić information content (AvgIpc) is 2.37. The lowest BCUT2D eigenvalue weighted by molar-refractivity contribution is -0.142. The van der Waals surface area contributed by atoms with Gasteiger partial charge in [0, 0.05) is 18.8 Å². The van der Waals surface area contributed by atoms with Crippen LogP contribution >= 0.6 is 0 Å². The number of amides is 1. The first kappa shape index (κ1) is 19.0. The van der Waals surface area contributed by atoms with Gasteiger partial charge in [0.2, 0.25) is 5.91 Å². The summed E-state index contributed by atoms with van der Waals surface area (Å²) >= 11 is 0. The van der Waals surface area contributed by atoms with Gasteiger partial charge in [-0.25, -0.2) is 4.79 Å². The van der Waals surface area contributed by atoms with Crippen LogP contribution in [0.3, 0.4) is 0 Å². The van der Waals surface area contributed by atoms with Crippen LogP contribution in [0, 0.1) is 5.92 Å². The molecule has 5 nitrogen and oxygen atoms in total. The number of rotatable bonds is 7. The first-order valence-electron chi connectivity index (χ1n) is 6.47. The zero-order valence-electron chi connectivity index (χ0n) is 11.9. The van der Waals surface area contributed by atoms with Crippen molar-refractivity contribution in [3.63, 3.8) is 0 Å². The fraction of sp³-hybridized carbons (Fsp3) is 0.769. The second-order valence-electron chi connectivity index (χ2n) is 3.81. The van der Waals surface area contributed by atoms with Gasteiger partial charge in [0.25, 0.3) is 0 Å². The predicted octanol–water partition coefficient (Wildman–Crippen LogP) is 2.00. The molecule has 0 fully saturated rings. The van der Waals surface area contributed by atoms with Crippen molar-refractivity contribution in [2.75, 3.05) is 0 Å². The molecular formula is C13H25NO4. The lowest BCUT2D eigenvalue weighted by Crippen LogP contribution is -2.43. The van der Waals surface area contributed by atoms with E-state index in [1.807, 2.05) is 13.8 Å². The molecule has 0 aliphatic rings. The number of nitrogens with one attached hydrogen (secondary N) is 1. The number of carbonyl (C=O) groups is 3. The highest BCUT2D eigenvalue weighted by molar-refractivity contribution is 5.88. The number of carboxylic acids is 1. The molecule has 106 valence electrons. The monoisotopic (exact) mass is 259 g/mol. The maximum absolute atomic E-state index is 11.5. The highest BCUT2D eigenvalue weighted by atomic mass is 16.4. The number of carbonyl (C=O) groups excluding carboxylic acids is 2. The Hall–Kier alpha value is -1.39. The number of ketones is 1. The molecule has 0 bridgehead atoms. The summed E-state index contributed by atoms with van der Waals surface area (Å²) in [6.45, 7) is 9.04. The van der Waals surface area contributed by atoms with Crippen LogP contribution in [0.1, 0.15) is 53.9 Å². The maximum Gasteiger partial charge on any atom is 0.326 e. The largest absolute Gasteiger partial charge is 0.480 e. The van der Waals surface area contributed by atoms with Crippen molar-refractivity contribution >= 4 is 17.7 Å². The summed E-state index contributed by atoms with van der Waals surface area (Å²) in [5, 5.41) is 11.2. The Morgan fingerprint density at radius 1 is 1.17 bits per heavy atom. The Balaban J connectivity index is 0. The first-order valence-corrected chi connectivity index (χ1v) is 6.47. The topological polar surface area (TPSA) is 83.5 Å². The highest BCUT2D eigenvalue weighted by Gasteiger charge is 2.22. The van der Waals surface area contributed by atoms with Crippen LogP contribution in [0.4, 0.5) is 0 Å². The number of Topliss-reactive ketones (excluding diaryl/α,β-unsaturated/α-hetero) is 1. The Morgan fingerprint density at radius 2 is 1.67 bits per heavy atom. The van der Waals surface area contributed by atoms with Gasteiger partial charge in [0.15, 0.2) is 0 Å². The van der Waals surface area contributed by atoms with Gasteiger partial charge >= 0.3 is 5.97 Å². The fourth-order valence-corrected chi connectivity index (χ4v) is 1.23. The smallest absolute Gasteiger partial charge is 0.326 e. The van der Waals surface area contributed by atoms with Crippen molar-refractivity contribution in [2.45, 2.75) is 59.9 Å². The molecule has 0 saturated heterocycles. The Labute approximate surface area is 109 Å². The van der Waals surface area contributed by atoms with Crippen molar-refractivity contribution < 1.29 is 19.5 Å². The minimum absolute atomic E-state index is 0.00558. The number of hydrogen-bond acceptors (Lipinski definition) is 3. The van der Waals surface area contributed by atoms with Crippen LogP contribution in [-0.4, -0.2) is 28.8 Å². The SMILES string of the molecule is CC.CCC(=O)CC(C)C(=O)NC(CC)C(=O)O. The standard InChI is InChI=1S/C11H19NO4.C2H6/c1-4-8(13)6-7(3)10(14)12-9(5-2)11(15)16;1-2/h7,9H,4-6H2,1-3H3,(H,12,14)(H,15,16);1-2H3. The predicted molar refractivity (Wildman–Crippen MR) is 70.3 cm³/mol. The summed E-state index contributed by atoms with van der Waals surface area (Å²) in [5.41, 5.74) is 0. The summed E-state index contributed by atoms with van der Waals surface area (Å²) in [6.07, 6.45) is 0.891. The Morgan fingerprint density at radius 3 is 2.00 bits per heavy atom. The molecule has 0 saturated carbocycles. The maximum atomic E-state index is 11.5. The van der Waals surface area contributed by atoms with Crippen LogP contribution in [0.15, 0.2) is 0 Å². The summed E-state index contributed by atoms with van der Waals surface area (Å²) < 4.78 is 0. The van der Waals surface area contributed by atoms with E-state index >= 15 is 0 Å². The van der Waals surface area contributed by atoms with Crippen molar-refractivity contribution in [1.29, 1.82) is 0 Å². The van der Waals surface area contributed by atoms with E-state index < -0.39 is 17.9 Å². The molecule has 0 aromatic carbocycles. The van der Waals surface area contributed by atoms with Gasteiger partial charge < -0.3 is 10.4 Å². The molecule has 2 unspecified atom stereocenters. The Bertz CT molecular complexity index is 276. The van der Waals surface area contributed by atoms with E-state index in [2.05, 4.69) is 5.32 Å². The van der Waals surface area contributed by atoms with Gasteiger partial charge in [-0.05, 0) is 6.42 Å². The van der Waals surface area contributed by atoms with Crippen molar-refractivity contribution in [1.82, 2.24) is 5.32 Å². The average molecular weight is 259 g/mol. The summed E-state index contributed by atoms with van der Waals surface area (Å²) in [4.78, 5) is 33.3. The van der Waals surface area contributed by atoms with E-state index in [1.54, 1.807) is 20.8 Å². The third-order valence-corrected chi connectivity index (χ3v) is 2.40. The van der Waals surface area contributed by atoms with Crippen LogP contribution < -0.4 is 5.32 Å². The van der Waals surface area contributed by atoms with E-state index in [9.17, 15) is 14.4 Å². The quantitative estimate of drug-likeness (QED) is 0.732. The molecule has 0 heterocycles. The van der Waals surface area contributed by atoms with Crippen LogP contribution in [0.5, 0.6) is 0 Å². The minimum Gasteiger partial charge on any atom is -0.480 e. The molecule has 0 aromatic rings. The summed E-state index contributed by atoms with van der Waals surface area (Å²) in [6, 6.07) is -0.869. The Kier molecular flexibility index (Phi) is 11.3. The van der Waals surface area contributed by atoms with Crippen LogP contribution in [-0.2, 0) is 14.4 Å². The van der Waals surface area contributed by atoms with E-state index in [0.29, 0.717) is 12.8 Å². The molecule has 1 amide bonds. The van der Waals surface area contributed by atoms with Gasteiger partial charge in [-0.1, -0.05) is 34.6 Å². The number of hydrogen-bond donors (Lipinski definition) is 2. The molecule has 0 rings (SSSR count). The zero-order valence-corrected chi connectivity index (χ0v) is 11.9. The van der Waals surface area contributed by atoms with E-state index in [-0.39, 0.29) is 18.1 Å². The second-order valence-corrected chi connectivity index (χ2v) is 3.81. The van der Waals surface area contributed by atoms with Gasteiger partial charge in [-0.15, -0.1) is 0 Å². The highest BCUT2D eigenvalue weighted by Crippen LogP contribution is 2.05. The molecular weight excluding hydrogens is 234 g/mol. The van der Waals surface area contributed by atoms with Gasteiger partial charge in [0.1, 0.15) is 11.8 Å². The minimum atomic E-state index is -1.05. The van der Waals surface area contributed by atoms with Gasteiger partial charge in [-0.2, -0.15) is 0 Å². The summed E-state index contributed by atoms with van der Waals surface area (Å²) in [7, 11) is 0. The third-order valence-electron chi connectivity index (χ3n) is 2.40. The normalized spacial score (nSPS) is 12.7. The molecule has 2 atom stereocenters. The molecule has 18 heavy (non-hydrogen) atoms. The van der Waals surface area contributed by atoms with E-state index in [1.165, 1.54) is 0 Å². The lowest BCUT2D eigenvalue weighted by atomic mass is 10.0. The second kappa shape index (κ2) is 10.7. The van der Waals surface area contributed by atoms with Crippen LogP contribution in [0.25, 0.3) is 0 Å². The number of aliphatic carboxylic acids is 1. The van der Waals surface area contributed by atoms with Crippen molar-refractivity contribution in [3.05, 3.63) is 0 Å². The molecule has 0 spiro atoms. The first-order chi connectivity index (χ1) is 8.42. The fourth-order valence-electron chi connectivity index (χ4n) is 1.23. The van der Waals surface area contributed by atoms with Crippen molar-refractivity contribution in [2.24, 2.45) is 5.92 Å². The zero-order chi connectivity index (χ0) is 14.7.